The van der Waals surface area contributed by atoms with Crippen molar-refractivity contribution in [2.24, 2.45) is 0 Å². The summed E-state index contributed by atoms with van der Waals surface area (Å²) >= 11 is 0. The van der Waals surface area contributed by atoms with Crippen LogP contribution in [0.1, 0.15) is 6.92 Å². The number of rotatable bonds is 4. The number of benzene rings is 1. The highest BCUT2D eigenvalue weighted by atomic mass is 16.6. The van der Waals surface area contributed by atoms with Gasteiger partial charge in [0.25, 0.3) is 0 Å². The van der Waals surface area contributed by atoms with Gasteiger partial charge in [0.2, 0.25) is 5.89 Å². The minimum absolute atomic E-state index is 0.124. The molecule has 128 valence electrons. The smallest absolute Gasteiger partial charge is 0.436 e. The van der Waals surface area contributed by atoms with Gasteiger partial charge in [0.1, 0.15) is 11.8 Å². The molecule has 3 heterocycles. The highest BCUT2D eigenvalue weighted by molar-refractivity contribution is 5.51. The number of hydrogen-bond acceptors (Lipinski definition) is 7. The van der Waals surface area contributed by atoms with E-state index in [1.807, 2.05) is 18.2 Å². The molecule has 0 saturated carbocycles. The number of ether oxygens (including phenoxy) is 1. The van der Waals surface area contributed by atoms with E-state index >= 15 is 0 Å². The molecule has 1 aromatic carbocycles. The van der Waals surface area contributed by atoms with Gasteiger partial charge in [-0.25, -0.2) is 4.79 Å². The van der Waals surface area contributed by atoms with E-state index in [1.165, 1.54) is 10.9 Å². The Morgan fingerprint density at radius 2 is 2.12 bits per heavy atom. The summed E-state index contributed by atoms with van der Waals surface area (Å²) in [4.78, 5) is 26.0. The second-order valence-corrected chi connectivity index (χ2v) is 6.02. The van der Waals surface area contributed by atoms with Gasteiger partial charge in [-0.05, 0) is 24.0 Å². The fourth-order valence-electron chi connectivity index (χ4n) is 2.78. The van der Waals surface area contributed by atoms with Crippen molar-refractivity contribution >= 4 is 5.82 Å². The Kier molecular flexibility index (Phi) is 3.20. The fraction of sp³-hybridized carbons (Fsp3) is 0.267. The standard InChI is InChI=1S/C15H13N5O5/c1-15(8-18-7-11(20(22)23)16-13(18)25-15)9-19-14(21)24-12(17-19)10-5-3-2-4-6-10/h2-7H,8-9H2,1H3. The molecule has 10 heteroatoms. The Hall–Kier alpha value is -3.43. The van der Waals surface area contributed by atoms with Crippen LogP contribution in [-0.2, 0) is 13.1 Å². The normalized spacial score (nSPS) is 18.8. The first kappa shape index (κ1) is 15.1. The van der Waals surface area contributed by atoms with E-state index in [-0.39, 0.29) is 24.3 Å². The molecule has 0 aliphatic carbocycles. The zero-order chi connectivity index (χ0) is 17.6. The van der Waals surface area contributed by atoms with E-state index in [2.05, 4.69) is 10.1 Å². The van der Waals surface area contributed by atoms with Crippen molar-refractivity contribution in [2.75, 3.05) is 0 Å². The van der Waals surface area contributed by atoms with Crippen LogP contribution in [0, 0.1) is 10.1 Å². The SMILES string of the molecule is CC1(Cn2nc(-c3ccccc3)oc2=O)Cn2cc([N+](=O)[O-])nc2O1. The van der Waals surface area contributed by atoms with Gasteiger partial charge in [-0.15, -0.1) is 5.10 Å². The molecule has 1 aliphatic rings. The largest absolute Gasteiger partial charge is 0.437 e. The molecule has 4 rings (SSSR count). The zero-order valence-electron chi connectivity index (χ0n) is 13.2. The highest BCUT2D eigenvalue weighted by Crippen LogP contribution is 2.31. The maximum atomic E-state index is 12.1. The lowest BCUT2D eigenvalue weighted by Gasteiger charge is -2.20. The van der Waals surface area contributed by atoms with Gasteiger partial charge in [-0.3, -0.25) is 4.57 Å². The van der Waals surface area contributed by atoms with Crippen LogP contribution in [0.15, 0.2) is 45.7 Å². The third-order valence-electron chi connectivity index (χ3n) is 3.87. The summed E-state index contributed by atoms with van der Waals surface area (Å²) in [6.07, 6.45) is 1.31. The first-order valence-electron chi connectivity index (χ1n) is 7.47. The molecule has 2 aromatic heterocycles. The average Bonchev–Trinajstić information content (AvgIpc) is 3.20. The number of nitrogens with zero attached hydrogens (tertiary/aromatic N) is 5. The van der Waals surface area contributed by atoms with E-state index in [0.717, 1.165) is 0 Å². The Balaban J connectivity index is 1.57. The molecule has 1 unspecified atom stereocenters. The number of imidazole rings is 1. The first-order valence-corrected chi connectivity index (χ1v) is 7.47. The van der Waals surface area contributed by atoms with Crippen LogP contribution in [-0.4, -0.2) is 29.9 Å². The monoisotopic (exact) mass is 343 g/mol. The van der Waals surface area contributed by atoms with Gasteiger partial charge in [0, 0.05) is 10.5 Å². The Labute approximate surface area is 140 Å². The van der Waals surface area contributed by atoms with Crippen LogP contribution in [0.4, 0.5) is 5.82 Å². The summed E-state index contributed by atoms with van der Waals surface area (Å²) in [7, 11) is 0. The maximum Gasteiger partial charge on any atom is 0.437 e. The van der Waals surface area contributed by atoms with Gasteiger partial charge in [-0.1, -0.05) is 18.2 Å². The predicted octanol–water partition coefficient (Wildman–Crippen LogP) is 1.46. The minimum atomic E-state index is -0.813. The van der Waals surface area contributed by atoms with Crippen LogP contribution in [0.5, 0.6) is 6.01 Å². The van der Waals surface area contributed by atoms with Gasteiger partial charge in [0.15, 0.2) is 0 Å². The summed E-state index contributed by atoms with van der Waals surface area (Å²) in [6.45, 7) is 2.21. The Morgan fingerprint density at radius 1 is 1.36 bits per heavy atom. The van der Waals surface area contributed by atoms with Crippen LogP contribution in [0.25, 0.3) is 11.5 Å². The van der Waals surface area contributed by atoms with Crippen molar-refractivity contribution in [3.05, 3.63) is 57.2 Å². The van der Waals surface area contributed by atoms with E-state index in [9.17, 15) is 14.9 Å². The Bertz CT molecular complexity index is 979. The van der Waals surface area contributed by atoms with Crippen LogP contribution < -0.4 is 10.5 Å². The molecule has 0 spiro atoms. The van der Waals surface area contributed by atoms with Crippen molar-refractivity contribution in [2.45, 2.75) is 25.6 Å². The van der Waals surface area contributed by atoms with Crippen molar-refractivity contribution in [1.82, 2.24) is 19.3 Å². The van der Waals surface area contributed by atoms with Crippen molar-refractivity contribution in [1.29, 1.82) is 0 Å². The topological polar surface area (TPSA) is 118 Å². The summed E-state index contributed by atoms with van der Waals surface area (Å²) in [5.41, 5.74) is -0.119. The van der Waals surface area contributed by atoms with E-state index in [4.69, 9.17) is 9.15 Å². The molecule has 0 amide bonds. The van der Waals surface area contributed by atoms with Crippen molar-refractivity contribution in [3.8, 4) is 17.5 Å². The van der Waals surface area contributed by atoms with Gasteiger partial charge >= 0.3 is 17.6 Å². The highest BCUT2D eigenvalue weighted by Gasteiger charge is 2.41. The molecule has 10 nitrogen and oxygen atoms in total. The quantitative estimate of drug-likeness (QED) is 0.519. The molecule has 0 fully saturated rings. The lowest BCUT2D eigenvalue weighted by Crippen LogP contribution is -2.39. The van der Waals surface area contributed by atoms with Crippen LogP contribution in [0.3, 0.4) is 0 Å². The molecule has 25 heavy (non-hydrogen) atoms. The molecule has 1 atom stereocenters. The third-order valence-corrected chi connectivity index (χ3v) is 3.87. The molecule has 0 saturated heterocycles. The minimum Gasteiger partial charge on any atom is -0.436 e. The van der Waals surface area contributed by atoms with Crippen LogP contribution in [0.2, 0.25) is 0 Å². The fourth-order valence-corrected chi connectivity index (χ4v) is 2.78. The predicted molar refractivity (Wildman–Crippen MR) is 84.1 cm³/mol. The lowest BCUT2D eigenvalue weighted by molar-refractivity contribution is -0.389. The first-order chi connectivity index (χ1) is 11.9. The Morgan fingerprint density at radius 3 is 2.80 bits per heavy atom. The third kappa shape index (κ3) is 2.67. The summed E-state index contributed by atoms with van der Waals surface area (Å²) in [6, 6.07) is 9.22. The number of nitro groups is 1. The molecular weight excluding hydrogens is 330 g/mol. The molecule has 0 N–H and O–H groups in total. The summed E-state index contributed by atoms with van der Waals surface area (Å²) < 4.78 is 13.6. The van der Waals surface area contributed by atoms with Crippen molar-refractivity contribution in [3.63, 3.8) is 0 Å². The maximum absolute atomic E-state index is 12.1. The van der Waals surface area contributed by atoms with E-state index < -0.39 is 16.3 Å². The molecule has 0 radical (unpaired) electrons. The molecule has 0 bridgehead atoms. The second kappa shape index (κ2) is 5.30. The second-order valence-electron chi connectivity index (χ2n) is 6.02. The van der Waals surface area contributed by atoms with E-state index in [0.29, 0.717) is 12.1 Å². The number of hydrogen-bond donors (Lipinski definition) is 0. The van der Waals surface area contributed by atoms with Crippen molar-refractivity contribution < 1.29 is 14.1 Å². The molecule has 1 aliphatic heterocycles. The molecule has 3 aromatic rings. The van der Waals surface area contributed by atoms with Gasteiger partial charge < -0.3 is 19.3 Å². The van der Waals surface area contributed by atoms with Gasteiger partial charge in [-0.2, -0.15) is 4.68 Å². The van der Waals surface area contributed by atoms with Crippen LogP contribution >= 0.6 is 0 Å². The van der Waals surface area contributed by atoms with E-state index in [1.54, 1.807) is 23.6 Å². The average molecular weight is 343 g/mol. The number of aromatic nitrogens is 4. The summed E-state index contributed by atoms with van der Waals surface area (Å²) in [5, 5.41) is 14.9. The summed E-state index contributed by atoms with van der Waals surface area (Å²) in [5.74, 6) is -0.651. The number of fused-ring (bicyclic) bond motifs is 1. The zero-order valence-corrected chi connectivity index (χ0v) is 13.2. The van der Waals surface area contributed by atoms with Gasteiger partial charge in [0.05, 0.1) is 13.1 Å². The molecular formula is C15H13N5O5. The lowest BCUT2D eigenvalue weighted by atomic mass is 10.1.